The van der Waals surface area contributed by atoms with Crippen LogP contribution in [0.15, 0.2) is 0 Å². The van der Waals surface area contributed by atoms with Crippen LogP contribution in [0, 0.1) is 0 Å². The second-order valence-electron chi connectivity index (χ2n) is 4.19. The normalized spacial score (nSPS) is 60.3. The zero-order valence-electron chi connectivity index (χ0n) is 6.88. The first-order chi connectivity index (χ1) is 5.28. The van der Waals surface area contributed by atoms with Crippen molar-refractivity contribution < 1.29 is 9.47 Å². The molecule has 11 heavy (non-hydrogen) atoms. The largest absolute Gasteiger partial charge is 0.375 e. The summed E-state index contributed by atoms with van der Waals surface area (Å²) in [6, 6.07) is 0. The van der Waals surface area contributed by atoms with Crippen LogP contribution in [0.5, 0.6) is 0 Å². The summed E-state index contributed by atoms with van der Waals surface area (Å²) in [4.78, 5) is 0. The highest BCUT2D eigenvalue weighted by molar-refractivity contribution is 5.07. The van der Waals surface area contributed by atoms with Gasteiger partial charge in [0.2, 0.25) is 0 Å². The van der Waals surface area contributed by atoms with Gasteiger partial charge < -0.3 is 9.47 Å². The Labute approximate surface area is 66.9 Å². The molecule has 3 unspecified atom stereocenters. The van der Waals surface area contributed by atoms with E-state index in [-0.39, 0.29) is 5.60 Å². The molecular formula is C9H14O2. The summed E-state index contributed by atoms with van der Waals surface area (Å²) in [5.41, 5.74) is 0.268. The lowest BCUT2D eigenvalue weighted by molar-refractivity contribution is -0.0294. The first-order valence-corrected chi connectivity index (χ1v) is 4.62. The van der Waals surface area contributed by atoms with Crippen LogP contribution in [0.1, 0.15) is 32.6 Å². The molecule has 0 N–H and O–H groups in total. The van der Waals surface area contributed by atoms with Crippen molar-refractivity contribution in [1.82, 2.24) is 0 Å². The first kappa shape index (κ1) is 6.44. The standard InChI is InChI=1S/C9H14O2/c1-6-9(11-6)4-7-2-3-8(5-9)10-7/h6-8H,2-5H2,1H3/t6?,7-,8?,9?/m1/s1. The summed E-state index contributed by atoms with van der Waals surface area (Å²) in [6.45, 7) is 2.19. The predicted molar refractivity (Wildman–Crippen MR) is 40.4 cm³/mol. The molecule has 0 aromatic heterocycles. The average Bonchev–Trinajstić information content (AvgIpc) is 2.38. The highest BCUT2D eigenvalue weighted by Crippen LogP contribution is 2.51. The van der Waals surface area contributed by atoms with Crippen LogP contribution in [0.25, 0.3) is 0 Å². The van der Waals surface area contributed by atoms with Crippen molar-refractivity contribution >= 4 is 0 Å². The molecule has 3 aliphatic heterocycles. The Bertz CT molecular complexity index is 178. The average molecular weight is 154 g/mol. The maximum Gasteiger partial charge on any atom is 0.0994 e. The van der Waals surface area contributed by atoms with Gasteiger partial charge in [-0.05, 0) is 19.8 Å². The van der Waals surface area contributed by atoms with Gasteiger partial charge in [-0.2, -0.15) is 0 Å². The van der Waals surface area contributed by atoms with Gasteiger partial charge in [0.25, 0.3) is 0 Å². The minimum absolute atomic E-state index is 0.268. The third-order valence-electron chi connectivity index (χ3n) is 3.44. The van der Waals surface area contributed by atoms with Gasteiger partial charge in [-0.25, -0.2) is 0 Å². The maximum atomic E-state index is 5.74. The molecule has 3 fully saturated rings. The molecule has 3 heterocycles. The fraction of sp³-hybridized carbons (Fsp3) is 1.00. The summed E-state index contributed by atoms with van der Waals surface area (Å²) < 4.78 is 11.4. The fourth-order valence-corrected chi connectivity index (χ4v) is 2.68. The van der Waals surface area contributed by atoms with Crippen LogP contribution < -0.4 is 0 Å². The van der Waals surface area contributed by atoms with Gasteiger partial charge in [-0.1, -0.05) is 0 Å². The topological polar surface area (TPSA) is 21.8 Å². The predicted octanol–water partition coefficient (Wildman–Crippen LogP) is 1.49. The molecule has 2 bridgehead atoms. The molecule has 3 aliphatic rings. The van der Waals surface area contributed by atoms with Crippen LogP contribution >= 0.6 is 0 Å². The molecule has 0 saturated carbocycles. The van der Waals surface area contributed by atoms with Crippen LogP contribution in [-0.4, -0.2) is 23.9 Å². The Morgan fingerprint density at radius 2 is 1.73 bits per heavy atom. The van der Waals surface area contributed by atoms with Gasteiger partial charge in [0, 0.05) is 12.8 Å². The van der Waals surface area contributed by atoms with E-state index >= 15 is 0 Å². The molecule has 0 amide bonds. The summed E-state index contributed by atoms with van der Waals surface area (Å²) in [7, 11) is 0. The van der Waals surface area contributed by atoms with Crippen molar-refractivity contribution in [3.63, 3.8) is 0 Å². The zero-order chi connectivity index (χ0) is 7.47. The van der Waals surface area contributed by atoms with Crippen LogP contribution in [-0.2, 0) is 9.47 Å². The Hall–Kier alpha value is -0.0800. The zero-order valence-corrected chi connectivity index (χ0v) is 6.88. The molecule has 0 aliphatic carbocycles. The maximum absolute atomic E-state index is 5.74. The van der Waals surface area contributed by atoms with E-state index < -0.39 is 0 Å². The molecule has 62 valence electrons. The summed E-state index contributed by atoms with van der Waals surface area (Å²) in [5.74, 6) is 0. The van der Waals surface area contributed by atoms with E-state index in [2.05, 4.69) is 6.92 Å². The van der Waals surface area contributed by atoms with E-state index in [1.54, 1.807) is 0 Å². The molecule has 2 heteroatoms. The molecule has 3 saturated heterocycles. The number of ether oxygens (including phenoxy) is 2. The summed E-state index contributed by atoms with van der Waals surface area (Å²) in [6.07, 6.45) is 6.41. The van der Waals surface area contributed by atoms with Crippen LogP contribution in [0.4, 0.5) is 0 Å². The SMILES string of the molecule is CC1OC12CC1CC[C@H](C2)O1. The van der Waals surface area contributed by atoms with Crippen molar-refractivity contribution in [2.24, 2.45) is 0 Å². The minimum atomic E-state index is 0.268. The van der Waals surface area contributed by atoms with E-state index in [0.29, 0.717) is 18.3 Å². The smallest absolute Gasteiger partial charge is 0.0994 e. The Morgan fingerprint density at radius 3 is 2.18 bits per heavy atom. The molecule has 1 spiro atoms. The van der Waals surface area contributed by atoms with Crippen molar-refractivity contribution in [3.8, 4) is 0 Å². The van der Waals surface area contributed by atoms with Gasteiger partial charge in [-0.3, -0.25) is 0 Å². The third kappa shape index (κ3) is 0.798. The molecule has 2 nitrogen and oxygen atoms in total. The van der Waals surface area contributed by atoms with E-state index in [4.69, 9.17) is 9.47 Å². The molecular weight excluding hydrogens is 140 g/mol. The van der Waals surface area contributed by atoms with Gasteiger partial charge in [-0.15, -0.1) is 0 Å². The van der Waals surface area contributed by atoms with Crippen molar-refractivity contribution in [2.45, 2.75) is 56.5 Å². The Balaban J connectivity index is 1.82. The second kappa shape index (κ2) is 1.80. The highest BCUT2D eigenvalue weighted by atomic mass is 16.6. The van der Waals surface area contributed by atoms with Crippen LogP contribution in [0.3, 0.4) is 0 Å². The van der Waals surface area contributed by atoms with Crippen molar-refractivity contribution in [1.29, 1.82) is 0 Å². The van der Waals surface area contributed by atoms with Crippen molar-refractivity contribution in [3.05, 3.63) is 0 Å². The molecule has 0 aromatic rings. The Morgan fingerprint density at radius 1 is 1.18 bits per heavy atom. The Kier molecular flexibility index (Phi) is 1.06. The van der Waals surface area contributed by atoms with E-state index in [1.165, 1.54) is 12.8 Å². The molecule has 3 rings (SSSR count). The number of rotatable bonds is 0. The lowest BCUT2D eigenvalue weighted by Gasteiger charge is -2.25. The fourth-order valence-electron chi connectivity index (χ4n) is 2.68. The van der Waals surface area contributed by atoms with Gasteiger partial charge >= 0.3 is 0 Å². The monoisotopic (exact) mass is 154 g/mol. The molecule has 0 radical (unpaired) electrons. The van der Waals surface area contributed by atoms with E-state index in [0.717, 1.165) is 12.8 Å². The first-order valence-electron chi connectivity index (χ1n) is 4.62. The third-order valence-corrected chi connectivity index (χ3v) is 3.44. The molecule has 4 atom stereocenters. The summed E-state index contributed by atoms with van der Waals surface area (Å²) in [5, 5.41) is 0. The number of fused-ring (bicyclic) bond motifs is 2. The number of hydrogen-bond donors (Lipinski definition) is 0. The second-order valence-corrected chi connectivity index (χ2v) is 4.19. The van der Waals surface area contributed by atoms with Gasteiger partial charge in [0.05, 0.1) is 23.9 Å². The minimum Gasteiger partial charge on any atom is -0.375 e. The number of hydrogen-bond acceptors (Lipinski definition) is 2. The van der Waals surface area contributed by atoms with Gasteiger partial charge in [0.1, 0.15) is 0 Å². The van der Waals surface area contributed by atoms with Crippen LogP contribution in [0.2, 0.25) is 0 Å². The molecule has 0 aromatic carbocycles. The van der Waals surface area contributed by atoms with Crippen molar-refractivity contribution in [2.75, 3.05) is 0 Å². The quantitative estimate of drug-likeness (QED) is 0.493. The van der Waals surface area contributed by atoms with Gasteiger partial charge in [0.15, 0.2) is 0 Å². The number of epoxide rings is 1. The van der Waals surface area contributed by atoms with E-state index in [1.807, 2.05) is 0 Å². The highest BCUT2D eigenvalue weighted by Gasteiger charge is 2.59. The van der Waals surface area contributed by atoms with E-state index in [9.17, 15) is 0 Å². The lowest BCUT2D eigenvalue weighted by atomic mass is 9.93. The summed E-state index contributed by atoms with van der Waals surface area (Å²) >= 11 is 0. The lowest BCUT2D eigenvalue weighted by Crippen LogP contribution is -2.32.